The summed E-state index contributed by atoms with van der Waals surface area (Å²) in [6.07, 6.45) is 9.77. The Morgan fingerprint density at radius 2 is 1.31 bits per heavy atom. The summed E-state index contributed by atoms with van der Waals surface area (Å²) in [6.45, 7) is 3.16. The molecule has 170 valence electrons. The Balaban J connectivity index is 4.03. The largest absolute Gasteiger partial charge is 0.456 e. The lowest BCUT2D eigenvalue weighted by molar-refractivity contribution is -0.159. The van der Waals surface area contributed by atoms with Crippen molar-refractivity contribution in [3.8, 4) is 59.2 Å². The van der Waals surface area contributed by atoms with Crippen LogP contribution in [0.3, 0.4) is 0 Å². The van der Waals surface area contributed by atoms with Crippen molar-refractivity contribution in [1.82, 2.24) is 0 Å². The predicted octanol–water partition coefficient (Wildman–Crippen LogP) is 3.39. The first kappa shape index (κ1) is 28.7. The van der Waals surface area contributed by atoms with E-state index in [0.717, 1.165) is 19.3 Å². The first-order valence-corrected chi connectivity index (χ1v) is 11.0. The van der Waals surface area contributed by atoms with E-state index in [0.29, 0.717) is 0 Å². The third kappa shape index (κ3) is 20.0. The lowest BCUT2D eigenvalue weighted by Crippen LogP contribution is -2.28. The summed E-state index contributed by atoms with van der Waals surface area (Å²) in [5.74, 6) is 23.0. The van der Waals surface area contributed by atoms with Gasteiger partial charge in [-0.15, -0.1) is 0 Å². The lowest BCUT2D eigenvalue weighted by atomic mass is 10.1. The molecule has 0 aliphatic carbocycles. The monoisotopic (exact) mass is 436 g/mol. The topological polar surface area (TPSA) is 72.8 Å². The highest BCUT2D eigenvalue weighted by Crippen LogP contribution is 2.11. The zero-order valence-corrected chi connectivity index (χ0v) is 19.1. The van der Waals surface area contributed by atoms with Crippen LogP contribution in [0.4, 0.5) is 0 Å². The van der Waals surface area contributed by atoms with Gasteiger partial charge >= 0.3 is 11.9 Å². The molecule has 0 fully saturated rings. The molecule has 1 N–H and O–H groups in total. The number of unbranched alkanes of at least 4 members (excludes halogenated alkanes) is 8. The van der Waals surface area contributed by atoms with Gasteiger partial charge in [-0.25, -0.2) is 4.79 Å². The third-order valence-corrected chi connectivity index (χ3v) is 4.11. The van der Waals surface area contributed by atoms with Gasteiger partial charge < -0.3 is 14.6 Å². The van der Waals surface area contributed by atoms with Gasteiger partial charge in [0.25, 0.3) is 0 Å². The van der Waals surface area contributed by atoms with Crippen LogP contribution >= 0.6 is 0 Å². The van der Waals surface area contributed by atoms with Gasteiger partial charge in [0.05, 0.1) is 6.61 Å². The second-order valence-electron chi connectivity index (χ2n) is 6.85. The fourth-order valence-electron chi connectivity index (χ4n) is 2.49. The number of carbonyl (C=O) groups is 2. The Morgan fingerprint density at radius 1 is 0.781 bits per heavy atom. The van der Waals surface area contributed by atoms with Gasteiger partial charge in [0.2, 0.25) is 0 Å². The van der Waals surface area contributed by atoms with Gasteiger partial charge in [-0.05, 0) is 60.7 Å². The molecule has 5 heteroatoms. The number of hydrogen-bond acceptors (Lipinski definition) is 5. The van der Waals surface area contributed by atoms with Gasteiger partial charge in [0.15, 0.2) is 6.10 Å². The minimum Gasteiger partial charge on any atom is -0.456 e. The highest BCUT2D eigenvalue weighted by molar-refractivity contribution is 5.89. The number of aliphatic hydroxyl groups excluding tert-OH is 1. The smallest absolute Gasteiger partial charge is 0.385 e. The van der Waals surface area contributed by atoms with E-state index in [4.69, 9.17) is 9.47 Å². The molecule has 32 heavy (non-hydrogen) atoms. The van der Waals surface area contributed by atoms with E-state index in [1.165, 1.54) is 38.5 Å². The Labute approximate surface area is 193 Å². The van der Waals surface area contributed by atoms with E-state index in [-0.39, 0.29) is 13.0 Å². The molecule has 0 aromatic heterocycles. The van der Waals surface area contributed by atoms with E-state index in [1.54, 1.807) is 6.92 Å². The first-order valence-electron chi connectivity index (χ1n) is 11.0. The highest BCUT2D eigenvalue weighted by Gasteiger charge is 2.15. The maximum Gasteiger partial charge on any atom is 0.385 e. The molecule has 0 radical (unpaired) electrons. The van der Waals surface area contributed by atoms with Crippen LogP contribution in [0.25, 0.3) is 0 Å². The van der Waals surface area contributed by atoms with Crippen LogP contribution in [-0.2, 0) is 19.1 Å². The number of aliphatic hydroxyl groups is 1. The van der Waals surface area contributed by atoms with Crippen LogP contribution < -0.4 is 0 Å². The van der Waals surface area contributed by atoms with Crippen molar-refractivity contribution in [2.24, 2.45) is 0 Å². The van der Waals surface area contributed by atoms with Crippen molar-refractivity contribution >= 4 is 11.9 Å². The maximum atomic E-state index is 11.9. The molecule has 0 saturated carbocycles. The highest BCUT2D eigenvalue weighted by atomic mass is 16.6. The van der Waals surface area contributed by atoms with Gasteiger partial charge in [-0.2, -0.15) is 0 Å². The molecular weight excluding hydrogens is 404 g/mol. The van der Waals surface area contributed by atoms with Crippen LogP contribution in [0.1, 0.15) is 78.1 Å². The Bertz CT molecular complexity index is 860. The quantitative estimate of drug-likeness (QED) is 0.196. The average molecular weight is 437 g/mol. The zero-order valence-electron chi connectivity index (χ0n) is 19.1. The minimum atomic E-state index is -0.909. The van der Waals surface area contributed by atoms with E-state index in [2.05, 4.69) is 66.1 Å². The number of hydrogen-bond donors (Lipinski definition) is 1. The Kier molecular flexibility index (Phi) is 20.1. The van der Waals surface area contributed by atoms with Crippen molar-refractivity contribution in [2.45, 2.75) is 84.2 Å². The molecule has 0 saturated heterocycles. The summed E-state index contributed by atoms with van der Waals surface area (Å²) >= 11 is 0. The molecule has 0 heterocycles. The van der Waals surface area contributed by atoms with Crippen LogP contribution in [0.2, 0.25) is 0 Å². The van der Waals surface area contributed by atoms with E-state index < -0.39 is 24.6 Å². The van der Waals surface area contributed by atoms with Crippen molar-refractivity contribution in [3.63, 3.8) is 0 Å². The summed E-state index contributed by atoms with van der Waals surface area (Å²) in [7, 11) is 0. The second kappa shape index (κ2) is 22.4. The van der Waals surface area contributed by atoms with E-state index in [1.807, 2.05) is 0 Å². The summed E-state index contributed by atoms with van der Waals surface area (Å²) < 4.78 is 10.0. The molecule has 0 aromatic rings. The molecule has 1 atom stereocenters. The summed E-state index contributed by atoms with van der Waals surface area (Å²) in [5, 5.41) is 9.31. The molecule has 0 aromatic carbocycles. The van der Waals surface area contributed by atoms with Crippen molar-refractivity contribution in [3.05, 3.63) is 0 Å². The standard InChI is InChI=1S/C27H32O5/c1-3-5-7-9-11-13-15-17-19-21-26(29)31-24-25(23-28)32-27(30)22-20-18-16-14-12-10-8-6-4-2/h25,28H,4,6,8,10,12,14,16,18,20,22-24H2,1-2H3/t25-/m1/s1. The fraction of sp³-hybridized carbons (Fsp3) is 0.556. The number of ether oxygens (including phenoxy) is 2. The zero-order chi connectivity index (χ0) is 23.7. The Hall–Kier alpha value is -3.30. The molecule has 0 rings (SSSR count). The van der Waals surface area contributed by atoms with Crippen LogP contribution in [0, 0.1) is 59.2 Å². The molecule has 0 aliphatic rings. The number of rotatable bonds is 14. The number of esters is 2. The van der Waals surface area contributed by atoms with E-state index >= 15 is 0 Å². The molecule has 5 nitrogen and oxygen atoms in total. The summed E-state index contributed by atoms with van der Waals surface area (Å²) in [5.41, 5.74) is 0. The lowest BCUT2D eigenvalue weighted by Gasteiger charge is -2.14. The molecular formula is C27H32O5. The van der Waals surface area contributed by atoms with Crippen molar-refractivity contribution in [2.75, 3.05) is 13.2 Å². The number of carbonyl (C=O) groups excluding carboxylic acids is 2. The normalized spacial score (nSPS) is 9.47. The van der Waals surface area contributed by atoms with Crippen LogP contribution in [0.5, 0.6) is 0 Å². The van der Waals surface area contributed by atoms with Gasteiger partial charge in [0.1, 0.15) is 6.61 Å². The molecule has 0 aliphatic heterocycles. The SMILES string of the molecule is CC#CC#CC#CC#CC#CC(=O)OC[C@@H](CO)OC(=O)CCCCCCCCCCC. The molecule has 0 bridgehead atoms. The van der Waals surface area contributed by atoms with Crippen LogP contribution in [0.15, 0.2) is 0 Å². The summed E-state index contributed by atoms with van der Waals surface area (Å²) in [4.78, 5) is 23.4. The third-order valence-electron chi connectivity index (χ3n) is 4.11. The predicted molar refractivity (Wildman–Crippen MR) is 124 cm³/mol. The molecule has 0 spiro atoms. The Morgan fingerprint density at radius 3 is 1.88 bits per heavy atom. The molecule has 0 amide bonds. The maximum absolute atomic E-state index is 11.9. The summed E-state index contributed by atoms with van der Waals surface area (Å²) in [6, 6.07) is 0. The van der Waals surface area contributed by atoms with Gasteiger partial charge in [-0.1, -0.05) is 64.2 Å². The minimum absolute atomic E-state index is 0.269. The van der Waals surface area contributed by atoms with Crippen LogP contribution in [-0.4, -0.2) is 36.4 Å². The fourth-order valence-corrected chi connectivity index (χ4v) is 2.49. The van der Waals surface area contributed by atoms with Gasteiger partial charge in [-0.3, -0.25) is 4.79 Å². The molecule has 0 unspecified atom stereocenters. The van der Waals surface area contributed by atoms with Crippen molar-refractivity contribution in [1.29, 1.82) is 0 Å². The van der Waals surface area contributed by atoms with Crippen molar-refractivity contribution < 1.29 is 24.2 Å². The average Bonchev–Trinajstić information content (AvgIpc) is 2.79. The van der Waals surface area contributed by atoms with Gasteiger partial charge in [0, 0.05) is 12.3 Å². The van der Waals surface area contributed by atoms with E-state index in [9.17, 15) is 14.7 Å². The second-order valence-corrected chi connectivity index (χ2v) is 6.85. The first-order chi connectivity index (χ1) is 15.6.